The Hall–Kier alpha value is -3.06. The minimum Gasteiger partial charge on any atom is -0.396 e. The second kappa shape index (κ2) is 15.8. The van der Waals surface area contributed by atoms with Gasteiger partial charge in [-0.2, -0.15) is 13.2 Å². The number of hydrazine groups is 1. The lowest BCUT2D eigenvalue weighted by atomic mass is 9.98. The number of nitrogen functional groups attached to an aromatic ring is 1. The van der Waals surface area contributed by atoms with Gasteiger partial charge in [-0.05, 0) is 31.4 Å². The number of carbonyl (C=O) groups is 1. The number of nitrogens with one attached hydrogen (secondary N) is 2. The van der Waals surface area contributed by atoms with E-state index >= 15 is 0 Å². The summed E-state index contributed by atoms with van der Waals surface area (Å²) in [6.45, 7) is 10.1. The van der Waals surface area contributed by atoms with Crippen LogP contribution in [0.1, 0.15) is 44.9 Å². The third kappa shape index (κ3) is 11.4. The molecule has 226 valence electrons. The summed E-state index contributed by atoms with van der Waals surface area (Å²) in [5.74, 6) is 3.65. The summed E-state index contributed by atoms with van der Waals surface area (Å²) < 4.78 is 41.6. The molecule has 3 unspecified atom stereocenters. The molecule has 1 aromatic rings. The van der Waals surface area contributed by atoms with Gasteiger partial charge in [0, 0.05) is 37.1 Å². The molecule has 1 aliphatic carbocycles. The molecule has 0 aliphatic heterocycles. The summed E-state index contributed by atoms with van der Waals surface area (Å²) in [5, 5.41) is 6.35. The standard InChI is InChI=1S/C28H39ClF3N7OS/c1-5-18(4)36-13-20-9-10-21(12-22(26(20)29)28(30,31)32)38-25(40)11-19(6-2)8-7-17(3)15-39(35)16-23(33)24-14-37-27(34)41-24/h6-9,12,14,16,18,22,26,36H,2,5,10-11,13,15,33,35H2,1,3-4H3,(H2,34,37)(H,38,40)/b17-7-,19-8+,23-16-. The highest BCUT2D eigenvalue weighted by Crippen LogP contribution is 2.38. The van der Waals surface area contributed by atoms with Gasteiger partial charge >= 0.3 is 6.18 Å². The zero-order chi connectivity index (χ0) is 30.7. The molecule has 8 nitrogen and oxygen atoms in total. The SMILES string of the molecule is C=C/C(=C\C=C(\C)CN(N)/C=C(\N)c1cnc(N)s1)CC(=O)NC1=CC(C(F)(F)F)C(Cl)C(CNC(C)CC)=CC1. The summed E-state index contributed by atoms with van der Waals surface area (Å²) in [6, 6.07) is 0.132. The monoisotopic (exact) mass is 613 g/mol. The van der Waals surface area contributed by atoms with Crippen molar-refractivity contribution in [3.63, 3.8) is 0 Å². The van der Waals surface area contributed by atoms with Gasteiger partial charge in [0.15, 0.2) is 5.13 Å². The van der Waals surface area contributed by atoms with Crippen molar-refractivity contribution in [3.8, 4) is 0 Å². The molecule has 0 saturated heterocycles. The number of nitrogens with two attached hydrogens (primary N) is 3. The third-order valence-electron chi connectivity index (χ3n) is 6.33. The molecule has 13 heteroatoms. The van der Waals surface area contributed by atoms with E-state index in [2.05, 4.69) is 22.2 Å². The Kier molecular flexibility index (Phi) is 13.2. The van der Waals surface area contributed by atoms with Crippen molar-refractivity contribution in [2.75, 3.05) is 18.8 Å². The zero-order valence-corrected chi connectivity index (χ0v) is 25.0. The molecule has 1 amide bonds. The molecule has 0 radical (unpaired) electrons. The summed E-state index contributed by atoms with van der Waals surface area (Å²) in [6.07, 6.45) is 7.11. The number of anilines is 1. The number of hydrogen-bond donors (Lipinski definition) is 5. The highest BCUT2D eigenvalue weighted by molar-refractivity contribution is 7.16. The third-order valence-corrected chi connectivity index (χ3v) is 7.76. The van der Waals surface area contributed by atoms with Crippen molar-refractivity contribution < 1.29 is 18.0 Å². The van der Waals surface area contributed by atoms with Crippen LogP contribution in [-0.2, 0) is 4.79 Å². The fourth-order valence-electron chi connectivity index (χ4n) is 3.82. The summed E-state index contributed by atoms with van der Waals surface area (Å²) in [5.41, 5.74) is 14.1. The number of amides is 1. The Morgan fingerprint density at radius 2 is 2.10 bits per heavy atom. The number of thiazole rings is 1. The van der Waals surface area contributed by atoms with Gasteiger partial charge < -0.3 is 27.1 Å². The van der Waals surface area contributed by atoms with Crippen LogP contribution < -0.4 is 27.9 Å². The smallest absolute Gasteiger partial charge is 0.396 e. The largest absolute Gasteiger partial charge is 0.396 e. The molecule has 0 aromatic carbocycles. The Morgan fingerprint density at radius 1 is 1.39 bits per heavy atom. The van der Waals surface area contributed by atoms with Crippen LogP contribution in [0.4, 0.5) is 18.3 Å². The Morgan fingerprint density at radius 3 is 2.68 bits per heavy atom. The van der Waals surface area contributed by atoms with E-state index in [1.54, 1.807) is 30.6 Å². The normalized spacial score (nSPS) is 19.7. The lowest BCUT2D eigenvalue weighted by Gasteiger charge is -2.24. The quantitative estimate of drug-likeness (QED) is 0.0686. The first-order valence-corrected chi connectivity index (χ1v) is 14.3. The Balaban J connectivity index is 2.06. The van der Waals surface area contributed by atoms with E-state index in [0.29, 0.717) is 33.4 Å². The number of allylic oxidation sites excluding steroid dienone is 5. The second-order valence-electron chi connectivity index (χ2n) is 9.84. The molecule has 1 aliphatic rings. The predicted octanol–water partition coefficient (Wildman–Crippen LogP) is 5.11. The average Bonchev–Trinajstić information content (AvgIpc) is 3.27. The van der Waals surface area contributed by atoms with Gasteiger partial charge in [-0.25, -0.2) is 10.8 Å². The van der Waals surface area contributed by atoms with Crippen LogP contribution in [0.2, 0.25) is 0 Å². The van der Waals surface area contributed by atoms with Gasteiger partial charge in [-0.15, -0.1) is 11.6 Å². The zero-order valence-electron chi connectivity index (χ0n) is 23.5. The second-order valence-corrected chi connectivity index (χ2v) is 11.4. The molecule has 1 aromatic heterocycles. The van der Waals surface area contributed by atoms with E-state index in [4.69, 9.17) is 28.9 Å². The number of rotatable bonds is 13. The molecule has 0 spiro atoms. The fraction of sp³-hybridized carbons (Fsp3) is 0.429. The van der Waals surface area contributed by atoms with Crippen LogP contribution >= 0.6 is 22.9 Å². The van der Waals surface area contributed by atoms with Gasteiger partial charge in [0.05, 0.1) is 34.8 Å². The van der Waals surface area contributed by atoms with Gasteiger partial charge in [0.2, 0.25) is 5.91 Å². The maximum absolute atomic E-state index is 13.9. The lowest BCUT2D eigenvalue weighted by molar-refractivity contribution is -0.159. The summed E-state index contributed by atoms with van der Waals surface area (Å²) >= 11 is 7.54. The van der Waals surface area contributed by atoms with Crippen molar-refractivity contribution in [2.24, 2.45) is 17.5 Å². The Bertz CT molecular complexity index is 1220. The number of alkyl halides is 4. The van der Waals surface area contributed by atoms with Crippen molar-refractivity contribution in [1.29, 1.82) is 0 Å². The lowest BCUT2D eigenvalue weighted by Crippen LogP contribution is -2.35. The topological polar surface area (TPSA) is 135 Å². The van der Waals surface area contributed by atoms with Crippen LogP contribution in [-0.4, -0.2) is 46.6 Å². The first-order valence-electron chi connectivity index (χ1n) is 13.1. The molecule has 0 bridgehead atoms. The van der Waals surface area contributed by atoms with Crippen LogP contribution in [0.15, 0.2) is 71.8 Å². The molecular weight excluding hydrogens is 575 g/mol. The molecule has 0 fully saturated rings. The van der Waals surface area contributed by atoms with Crippen molar-refractivity contribution in [3.05, 3.63) is 76.6 Å². The fourth-order valence-corrected chi connectivity index (χ4v) is 4.81. The molecular formula is C28H39ClF3N7OS. The maximum atomic E-state index is 13.9. The molecule has 0 saturated carbocycles. The van der Waals surface area contributed by atoms with Crippen molar-refractivity contribution >= 4 is 39.7 Å². The maximum Gasteiger partial charge on any atom is 0.396 e. The van der Waals surface area contributed by atoms with E-state index in [1.165, 1.54) is 22.4 Å². The number of nitrogens with zero attached hydrogens (tertiary/aromatic N) is 2. The predicted molar refractivity (Wildman–Crippen MR) is 162 cm³/mol. The van der Waals surface area contributed by atoms with Gasteiger partial charge in [0.1, 0.15) is 0 Å². The number of hydrogen-bond acceptors (Lipinski definition) is 8. The number of halogens is 4. The van der Waals surface area contributed by atoms with Crippen LogP contribution in [0.25, 0.3) is 5.70 Å². The van der Waals surface area contributed by atoms with Gasteiger partial charge in [0.25, 0.3) is 0 Å². The molecule has 8 N–H and O–H groups in total. The Labute approximate surface area is 248 Å². The van der Waals surface area contributed by atoms with E-state index in [1.807, 2.05) is 20.8 Å². The van der Waals surface area contributed by atoms with E-state index in [0.717, 1.165) is 18.1 Å². The van der Waals surface area contributed by atoms with E-state index in [9.17, 15) is 18.0 Å². The average molecular weight is 614 g/mol. The number of aromatic nitrogens is 1. The van der Waals surface area contributed by atoms with Crippen LogP contribution in [0.5, 0.6) is 0 Å². The molecule has 2 rings (SSSR count). The summed E-state index contributed by atoms with van der Waals surface area (Å²) in [7, 11) is 0. The minimum absolute atomic E-state index is 0.0796. The number of carbonyl (C=O) groups excluding carboxylic acids is 1. The van der Waals surface area contributed by atoms with Gasteiger partial charge in [-0.1, -0.05) is 60.8 Å². The van der Waals surface area contributed by atoms with Crippen molar-refractivity contribution in [1.82, 2.24) is 20.6 Å². The van der Waals surface area contributed by atoms with Gasteiger partial charge in [-0.3, -0.25) is 4.79 Å². The molecule has 3 atom stereocenters. The van der Waals surface area contributed by atoms with E-state index in [-0.39, 0.29) is 31.1 Å². The molecule has 1 heterocycles. The minimum atomic E-state index is -4.57. The first-order chi connectivity index (χ1) is 19.2. The van der Waals surface area contributed by atoms with E-state index < -0.39 is 23.4 Å². The highest BCUT2D eigenvalue weighted by atomic mass is 35.5. The first kappa shape index (κ1) is 34.1. The summed E-state index contributed by atoms with van der Waals surface area (Å²) in [4.78, 5) is 17.4. The van der Waals surface area contributed by atoms with Crippen LogP contribution in [0, 0.1) is 5.92 Å². The molecule has 41 heavy (non-hydrogen) atoms. The van der Waals surface area contributed by atoms with Crippen molar-refractivity contribution in [2.45, 2.75) is 57.6 Å². The van der Waals surface area contributed by atoms with Crippen LogP contribution in [0.3, 0.4) is 0 Å². The highest BCUT2D eigenvalue weighted by Gasteiger charge is 2.44.